The van der Waals surface area contributed by atoms with E-state index in [-0.39, 0.29) is 22.0 Å². The maximum absolute atomic E-state index is 13.8. The Morgan fingerprint density at radius 1 is 0.970 bits per heavy atom. The lowest BCUT2D eigenvalue weighted by molar-refractivity contribution is -0.143. The third-order valence-electron chi connectivity index (χ3n) is 4.30. The number of nitrogens with zero attached hydrogens (tertiary/aromatic N) is 3. The molecule has 0 aliphatic rings. The molecular formula is C21H9F8N3O. The molecule has 0 spiro atoms. The minimum atomic E-state index is -5.13. The number of aromatic nitrogens is 2. The second-order valence-corrected chi connectivity index (χ2v) is 6.51. The third kappa shape index (κ3) is 4.92. The summed E-state index contributed by atoms with van der Waals surface area (Å²) in [6, 6.07) is 8.37. The summed E-state index contributed by atoms with van der Waals surface area (Å²) in [5.74, 6) is -3.90. The minimum absolute atomic E-state index is 0.0643. The first-order valence-electron chi connectivity index (χ1n) is 8.78. The van der Waals surface area contributed by atoms with Crippen molar-refractivity contribution in [1.29, 1.82) is 5.26 Å². The van der Waals surface area contributed by atoms with E-state index in [0.717, 1.165) is 48.5 Å². The summed E-state index contributed by atoms with van der Waals surface area (Å²) < 4.78 is 105. The molecular weight excluding hydrogens is 462 g/mol. The Morgan fingerprint density at radius 3 is 2.15 bits per heavy atom. The molecule has 0 bridgehead atoms. The molecule has 12 heteroatoms. The van der Waals surface area contributed by atoms with Crippen LogP contribution in [0.1, 0.15) is 27.3 Å². The van der Waals surface area contributed by atoms with Gasteiger partial charge < -0.3 is 0 Å². The van der Waals surface area contributed by atoms with Gasteiger partial charge in [0.1, 0.15) is 17.3 Å². The Bertz CT molecular complexity index is 1280. The van der Waals surface area contributed by atoms with Crippen LogP contribution in [0, 0.1) is 23.0 Å². The van der Waals surface area contributed by atoms with Crippen LogP contribution in [0.15, 0.2) is 54.1 Å². The average Bonchev–Trinajstić information content (AvgIpc) is 3.21. The minimum Gasteiger partial charge on any atom is -0.288 e. The van der Waals surface area contributed by atoms with Crippen LogP contribution < -0.4 is 0 Å². The Labute approximate surface area is 180 Å². The Kier molecular flexibility index (Phi) is 6.09. The van der Waals surface area contributed by atoms with Gasteiger partial charge in [0.2, 0.25) is 5.78 Å². The van der Waals surface area contributed by atoms with E-state index < -0.39 is 52.3 Å². The Balaban J connectivity index is 1.99. The molecule has 3 aromatic rings. The van der Waals surface area contributed by atoms with Crippen molar-refractivity contribution in [2.24, 2.45) is 0 Å². The third-order valence-corrected chi connectivity index (χ3v) is 4.30. The van der Waals surface area contributed by atoms with Crippen LogP contribution in [0.3, 0.4) is 0 Å². The van der Waals surface area contributed by atoms with Crippen LogP contribution in [-0.4, -0.2) is 15.6 Å². The molecule has 3 rings (SSSR count). The highest BCUT2D eigenvalue weighted by molar-refractivity contribution is 6.14. The van der Waals surface area contributed by atoms with Crippen molar-refractivity contribution in [3.63, 3.8) is 0 Å². The molecule has 0 unspecified atom stereocenters. The van der Waals surface area contributed by atoms with Crippen molar-refractivity contribution in [3.8, 4) is 11.8 Å². The number of hydrogen-bond acceptors (Lipinski definition) is 3. The molecule has 33 heavy (non-hydrogen) atoms. The monoisotopic (exact) mass is 471 g/mol. The molecule has 0 atom stereocenters. The zero-order chi connectivity index (χ0) is 24.6. The van der Waals surface area contributed by atoms with Crippen LogP contribution in [0.25, 0.3) is 11.8 Å². The standard InChI is InChI=1S/C21H9F8N3O/c22-15-3-1-2-14(18(15)23)19(33)12(10-30)8-11-4-6-13(7-5-11)32-17(21(27,28)29)9-16(31-32)20(24,25)26/h1-9H. The number of carbonyl (C=O) groups excluding carboxylic acids is 1. The lowest BCUT2D eigenvalue weighted by Gasteiger charge is -2.10. The van der Waals surface area contributed by atoms with Crippen LogP contribution in [0.4, 0.5) is 35.1 Å². The first-order chi connectivity index (χ1) is 15.3. The van der Waals surface area contributed by atoms with Crippen LogP contribution in [0.5, 0.6) is 0 Å². The largest absolute Gasteiger partial charge is 0.435 e. The highest BCUT2D eigenvalue weighted by Crippen LogP contribution is 2.36. The number of carbonyl (C=O) groups is 1. The average molecular weight is 471 g/mol. The van der Waals surface area contributed by atoms with Gasteiger partial charge in [-0.3, -0.25) is 4.79 Å². The van der Waals surface area contributed by atoms with Gasteiger partial charge in [-0.2, -0.15) is 36.7 Å². The molecule has 170 valence electrons. The second-order valence-electron chi connectivity index (χ2n) is 6.51. The fraction of sp³-hybridized carbons (Fsp3) is 0.0952. The molecule has 0 amide bonds. The maximum atomic E-state index is 13.8. The van der Waals surface area contributed by atoms with Crippen molar-refractivity contribution in [2.45, 2.75) is 12.4 Å². The lowest BCUT2D eigenvalue weighted by atomic mass is 10.0. The molecule has 0 aliphatic carbocycles. The number of alkyl halides is 6. The Hall–Kier alpha value is -4.01. The van der Waals surface area contributed by atoms with E-state index >= 15 is 0 Å². The number of halogens is 8. The van der Waals surface area contributed by atoms with Crippen molar-refractivity contribution < 1.29 is 39.9 Å². The van der Waals surface area contributed by atoms with Crippen LogP contribution in [0.2, 0.25) is 0 Å². The van der Waals surface area contributed by atoms with Crippen LogP contribution in [-0.2, 0) is 12.4 Å². The summed E-state index contributed by atoms with van der Waals surface area (Å²) in [4.78, 5) is 12.4. The maximum Gasteiger partial charge on any atom is 0.435 e. The van der Waals surface area contributed by atoms with Gasteiger partial charge in [0, 0.05) is 6.07 Å². The molecule has 0 saturated carbocycles. The lowest BCUT2D eigenvalue weighted by Crippen LogP contribution is -2.13. The molecule has 0 radical (unpaired) electrons. The van der Waals surface area contributed by atoms with E-state index in [2.05, 4.69) is 5.10 Å². The van der Waals surface area contributed by atoms with Crippen molar-refractivity contribution in [3.05, 3.63) is 88.3 Å². The molecule has 1 heterocycles. The van der Waals surface area contributed by atoms with E-state index in [1.54, 1.807) is 0 Å². The number of benzene rings is 2. The van der Waals surface area contributed by atoms with E-state index in [1.807, 2.05) is 0 Å². The molecule has 0 saturated heterocycles. The van der Waals surface area contributed by atoms with Gasteiger partial charge in [-0.1, -0.05) is 18.2 Å². The molecule has 0 aliphatic heterocycles. The molecule has 0 fully saturated rings. The normalized spacial score (nSPS) is 12.5. The van der Waals surface area contributed by atoms with E-state index in [4.69, 9.17) is 0 Å². The SMILES string of the molecule is N#CC(=Cc1ccc(-n2nc(C(F)(F)F)cc2C(F)(F)F)cc1)C(=O)c1cccc(F)c1F. The topological polar surface area (TPSA) is 58.7 Å². The predicted octanol–water partition coefficient (Wildman–Crippen LogP) is 5.98. The molecule has 2 aromatic carbocycles. The van der Waals surface area contributed by atoms with Crippen molar-refractivity contribution >= 4 is 11.9 Å². The van der Waals surface area contributed by atoms with Gasteiger partial charge in [-0.05, 0) is 35.9 Å². The highest BCUT2D eigenvalue weighted by Gasteiger charge is 2.42. The quantitative estimate of drug-likeness (QED) is 0.204. The summed E-state index contributed by atoms with van der Waals surface area (Å²) in [6.45, 7) is 0. The zero-order valence-corrected chi connectivity index (χ0v) is 16.0. The summed E-state index contributed by atoms with van der Waals surface area (Å²) in [7, 11) is 0. The van der Waals surface area contributed by atoms with E-state index in [0.29, 0.717) is 0 Å². The summed E-state index contributed by atoms with van der Waals surface area (Å²) in [5, 5.41) is 12.2. The number of Topliss-reactive ketones (excluding diaryl/α,β-unsaturated/α-hetero) is 1. The molecule has 4 nitrogen and oxygen atoms in total. The zero-order valence-electron chi connectivity index (χ0n) is 16.0. The predicted molar refractivity (Wildman–Crippen MR) is 97.8 cm³/mol. The summed E-state index contributed by atoms with van der Waals surface area (Å²) in [6.07, 6.45) is -9.28. The highest BCUT2D eigenvalue weighted by atomic mass is 19.4. The van der Waals surface area contributed by atoms with Gasteiger partial charge in [-0.15, -0.1) is 0 Å². The van der Waals surface area contributed by atoms with E-state index in [9.17, 15) is 45.2 Å². The summed E-state index contributed by atoms with van der Waals surface area (Å²) in [5.41, 5.74) is -5.01. The van der Waals surface area contributed by atoms with Gasteiger partial charge in [-0.25, -0.2) is 13.5 Å². The summed E-state index contributed by atoms with van der Waals surface area (Å²) >= 11 is 0. The van der Waals surface area contributed by atoms with Gasteiger partial charge in [0.15, 0.2) is 17.3 Å². The first-order valence-corrected chi connectivity index (χ1v) is 8.78. The second kappa shape index (κ2) is 8.50. The number of rotatable bonds is 4. The van der Waals surface area contributed by atoms with Crippen LogP contribution >= 0.6 is 0 Å². The van der Waals surface area contributed by atoms with Crippen molar-refractivity contribution in [1.82, 2.24) is 9.78 Å². The van der Waals surface area contributed by atoms with Gasteiger partial charge in [0.25, 0.3) is 0 Å². The molecule has 1 aromatic heterocycles. The fourth-order valence-electron chi connectivity index (χ4n) is 2.77. The van der Waals surface area contributed by atoms with E-state index in [1.165, 1.54) is 6.07 Å². The first kappa shape index (κ1) is 23.6. The number of ketones is 1. The number of hydrogen-bond donors (Lipinski definition) is 0. The van der Waals surface area contributed by atoms with Gasteiger partial charge >= 0.3 is 12.4 Å². The van der Waals surface area contributed by atoms with Crippen molar-refractivity contribution in [2.75, 3.05) is 0 Å². The Morgan fingerprint density at radius 2 is 1.61 bits per heavy atom. The number of nitriles is 1. The van der Waals surface area contributed by atoms with Gasteiger partial charge in [0.05, 0.1) is 11.3 Å². The number of allylic oxidation sites excluding steroid dienone is 1. The molecule has 0 N–H and O–H groups in total. The smallest absolute Gasteiger partial charge is 0.288 e. The fourth-order valence-corrected chi connectivity index (χ4v) is 2.77.